The van der Waals surface area contributed by atoms with Crippen molar-refractivity contribution in [3.8, 4) is 0 Å². The van der Waals surface area contributed by atoms with Crippen molar-refractivity contribution in [3.05, 3.63) is 29.8 Å². The van der Waals surface area contributed by atoms with Gasteiger partial charge in [-0.2, -0.15) is 0 Å². The molecule has 1 amide bonds. The van der Waals surface area contributed by atoms with Crippen molar-refractivity contribution in [1.82, 2.24) is 5.32 Å². The molecule has 0 bridgehead atoms. The minimum atomic E-state index is -1.54. The molecule has 1 saturated heterocycles. The van der Waals surface area contributed by atoms with E-state index in [1.165, 1.54) is 0 Å². The first-order valence-corrected chi connectivity index (χ1v) is 6.87. The zero-order valence-electron chi connectivity index (χ0n) is 12.0. The molecule has 1 aromatic carbocycles. The maximum absolute atomic E-state index is 12.3. The van der Waals surface area contributed by atoms with Crippen molar-refractivity contribution in [2.24, 2.45) is 0 Å². The van der Waals surface area contributed by atoms with Gasteiger partial charge in [0.05, 0.1) is 12.2 Å². The Morgan fingerprint density at radius 3 is 2.55 bits per heavy atom. The van der Waals surface area contributed by atoms with Crippen molar-refractivity contribution in [1.29, 1.82) is 0 Å². The fourth-order valence-electron chi connectivity index (χ4n) is 2.38. The SMILES string of the molecule is CNc1ccccc1C(=O)N[C@H]1C(O)OC(CO)[C@@H](O)C1O. The first kappa shape index (κ1) is 16.7. The van der Waals surface area contributed by atoms with Crippen LogP contribution in [0.15, 0.2) is 24.3 Å². The van der Waals surface area contributed by atoms with Gasteiger partial charge in [0.1, 0.15) is 24.4 Å². The summed E-state index contributed by atoms with van der Waals surface area (Å²) >= 11 is 0. The van der Waals surface area contributed by atoms with Crippen LogP contribution in [0.25, 0.3) is 0 Å². The largest absolute Gasteiger partial charge is 0.394 e. The summed E-state index contributed by atoms with van der Waals surface area (Å²) in [5, 5.41) is 44.0. The second kappa shape index (κ2) is 7.03. The van der Waals surface area contributed by atoms with Crippen LogP contribution in [0, 0.1) is 0 Å². The monoisotopic (exact) mass is 312 g/mol. The van der Waals surface area contributed by atoms with Gasteiger partial charge in [0.25, 0.3) is 5.91 Å². The molecule has 6 N–H and O–H groups in total. The van der Waals surface area contributed by atoms with Crippen LogP contribution in [0.4, 0.5) is 5.69 Å². The zero-order chi connectivity index (χ0) is 16.3. The number of benzene rings is 1. The topological polar surface area (TPSA) is 131 Å². The van der Waals surface area contributed by atoms with E-state index in [1.54, 1.807) is 31.3 Å². The van der Waals surface area contributed by atoms with Gasteiger partial charge in [0, 0.05) is 12.7 Å². The molecule has 1 heterocycles. The number of anilines is 1. The Kier molecular flexibility index (Phi) is 5.33. The molecule has 1 aromatic rings. The normalized spacial score (nSPS) is 31.6. The Morgan fingerprint density at radius 2 is 1.91 bits per heavy atom. The smallest absolute Gasteiger partial charge is 0.253 e. The lowest BCUT2D eigenvalue weighted by Gasteiger charge is -2.40. The van der Waals surface area contributed by atoms with Gasteiger partial charge >= 0.3 is 0 Å². The standard InChI is InChI=1S/C14H20N2O6/c1-15-8-5-3-2-4-7(8)13(20)16-10-12(19)11(18)9(6-17)22-14(10)21/h2-5,9-12,14-15,17-19,21H,6H2,1H3,(H,16,20)/t9?,10-,11-,12?,14?/m1/s1. The molecule has 1 aliphatic rings. The number of hydrogen-bond donors (Lipinski definition) is 6. The molecule has 0 aromatic heterocycles. The molecule has 0 radical (unpaired) electrons. The van der Waals surface area contributed by atoms with E-state index in [9.17, 15) is 20.1 Å². The highest BCUT2D eigenvalue weighted by Crippen LogP contribution is 2.21. The molecule has 2 rings (SSSR count). The number of hydrogen-bond acceptors (Lipinski definition) is 7. The number of ether oxygens (including phenoxy) is 1. The van der Waals surface area contributed by atoms with Crippen molar-refractivity contribution < 1.29 is 30.0 Å². The third kappa shape index (κ3) is 3.21. The molecule has 8 heteroatoms. The predicted molar refractivity (Wildman–Crippen MR) is 77.2 cm³/mol. The van der Waals surface area contributed by atoms with Crippen molar-refractivity contribution in [2.45, 2.75) is 30.6 Å². The summed E-state index contributed by atoms with van der Waals surface area (Å²) in [6, 6.07) is 5.50. The van der Waals surface area contributed by atoms with Gasteiger partial charge in [0.15, 0.2) is 6.29 Å². The van der Waals surface area contributed by atoms with E-state index in [4.69, 9.17) is 9.84 Å². The summed E-state index contributed by atoms with van der Waals surface area (Å²) in [5.74, 6) is -0.536. The van der Waals surface area contributed by atoms with Gasteiger partial charge in [-0.15, -0.1) is 0 Å². The van der Waals surface area contributed by atoms with E-state index in [0.717, 1.165) is 0 Å². The first-order valence-electron chi connectivity index (χ1n) is 6.87. The Hall–Kier alpha value is -1.71. The molecule has 1 aliphatic heterocycles. The van der Waals surface area contributed by atoms with Crippen LogP contribution < -0.4 is 10.6 Å². The Balaban J connectivity index is 2.14. The molecule has 122 valence electrons. The van der Waals surface area contributed by atoms with Gasteiger partial charge < -0.3 is 35.8 Å². The molecular weight excluding hydrogens is 292 g/mol. The van der Waals surface area contributed by atoms with E-state index in [-0.39, 0.29) is 0 Å². The average Bonchev–Trinajstić information content (AvgIpc) is 2.54. The maximum atomic E-state index is 12.3. The number of carbonyl (C=O) groups excluding carboxylic acids is 1. The number of amides is 1. The Bertz CT molecular complexity index is 526. The summed E-state index contributed by atoms with van der Waals surface area (Å²) < 4.78 is 4.99. The second-order valence-corrected chi connectivity index (χ2v) is 5.02. The number of aliphatic hydroxyl groups is 4. The molecule has 1 fully saturated rings. The number of aliphatic hydroxyl groups excluding tert-OH is 4. The van der Waals surface area contributed by atoms with Crippen LogP contribution >= 0.6 is 0 Å². The zero-order valence-corrected chi connectivity index (χ0v) is 12.0. The van der Waals surface area contributed by atoms with Gasteiger partial charge in [0.2, 0.25) is 0 Å². The number of carbonyl (C=O) groups is 1. The molecule has 3 unspecified atom stereocenters. The third-order valence-corrected chi connectivity index (χ3v) is 3.64. The van der Waals surface area contributed by atoms with Crippen LogP contribution in [-0.2, 0) is 4.74 Å². The summed E-state index contributed by atoms with van der Waals surface area (Å²) in [6.07, 6.45) is -5.53. The third-order valence-electron chi connectivity index (χ3n) is 3.64. The van der Waals surface area contributed by atoms with E-state index in [0.29, 0.717) is 11.3 Å². The van der Waals surface area contributed by atoms with Crippen LogP contribution in [0.2, 0.25) is 0 Å². The highest BCUT2D eigenvalue weighted by Gasteiger charge is 2.44. The van der Waals surface area contributed by atoms with Crippen LogP contribution in [0.3, 0.4) is 0 Å². The fraction of sp³-hybridized carbons (Fsp3) is 0.500. The quantitative estimate of drug-likeness (QED) is 0.389. The number of rotatable bonds is 4. The summed E-state index contributed by atoms with van der Waals surface area (Å²) in [7, 11) is 1.66. The molecule has 0 spiro atoms. The van der Waals surface area contributed by atoms with Crippen LogP contribution in [0.5, 0.6) is 0 Å². The summed E-state index contributed by atoms with van der Waals surface area (Å²) in [4.78, 5) is 12.3. The highest BCUT2D eigenvalue weighted by atomic mass is 16.6. The Labute approximate surface area is 127 Å². The molecular formula is C14H20N2O6. The van der Waals surface area contributed by atoms with E-state index in [2.05, 4.69) is 10.6 Å². The van der Waals surface area contributed by atoms with Crippen LogP contribution in [-0.4, -0.2) is 70.6 Å². The number of para-hydroxylation sites is 1. The van der Waals surface area contributed by atoms with Crippen molar-refractivity contribution in [3.63, 3.8) is 0 Å². The summed E-state index contributed by atoms with van der Waals surface area (Å²) in [5.41, 5.74) is 0.901. The van der Waals surface area contributed by atoms with Gasteiger partial charge in [-0.3, -0.25) is 4.79 Å². The summed E-state index contributed by atoms with van der Waals surface area (Å²) in [6.45, 7) is -0.557. The number of nitrogens with one attached hydrogen (secondary N) is 2. The molecule has 5 atom stereocenters. The lowest BCUT2D eigenvalue weighted by molar-refractivity contribution is -0.252. The van der Waals surface area contributed by atoms with Gasteiger partial charge in [-0.25, -0.2) is 0 Å². The minimum Gasteiger partial charge on any atom is -0.394 e. The molecule has 0 saturated carbocycles. The first-order chi connectivity index (χ1) is 10.5. The maximum Gasteiger partial charge on any atom is 0.253 e. The highest BCUT2D eigenvalue weighted by molar-refractivity contribution is 5.99. The minimum absolute atomic E-state index is 0.322. The predicted octanol–water partition coefficient (Wildman–Crippen LogP) is -1.74. The van der Waals surface area contributed by atoms with Gasteiger partial charge in [-0.1, -0.05) is 12.1 Å². The van der Waals surface area contributed by atoms with E-state index in [1.807, 2.05) is 0 Å². The van der Waals surface area contributed by atoms with Crippen LogP contribution in [0.1, 0.15) is 10.4 Å². The van der Waals surface area contributed by atoms with Crippen molar-refractivity contribution in [2.75, 3.05) is 19.0 Å². The lowest BCUT2D eigenvalue weighted by Crippen LogP contribution is -2.64. The van der Waals surface area contributed by atoms with Gasteiger partial charge in [-0.05, 0) is 12.1 Å². The van der Waals surface area contributed by atoms with E-state index >= 15 is 0 Å². The lowest BCUT2D eigenvalue weighted by atomic mass is 9.96. The molecule has 8 nitrogen and oxygen atoms in total. The molecule has 22 heavy (non-hydrogen) atoms. The molecule has 0 aliphatic carbocycles. The van der Waals surface area contributed by atoms with E-state index < -0.39 is 43.2 Å². The average molecular weight is 312 g/mol. The van der Waals surface area contributed by atoms with Crippen molar-refractivity contribution >= 4 is 11.6 Å². The fourth-order valence-corrected chi connectivity index (χ4v) is 2.38. The Morgan fingerprint density at radius 1 is 1.23 bits per heavy atom. The second-order valence-electron chi connectivity index (χ2n) is 5.02.